The van der Waals surface area contributed by atoms with Crippen molar-refractivity contribution in [1.82, 2.24) is 0 Å². The Balaban J connectivity index is 2.05. The van der Waals surface area contributed by atoms with Gasteiger partial charge in [0.15, 0.2) is 0 Å². The zero-order valence-corrected chi connectivity index (χ0v) is 10.8. The van der Waals surface area contributed by atoms with E-state index in [1.54, 1.807) is 0 Å². The lowest BCUT2D eigenvalue weighted by Crippen LogP contribution is -2.20. The first-order valence-corrected chi connectivity index (χ1v) is 5.95. The van der Waals surface area contributed by atoms with Gasteiger partial charge >= 0.3 is 6.03 Å². The molecule has 0 saturated heterocycles. The average Bonchev–Trinajstić information content (AvgIpc) is 2.37. The first-order valence-electron chi connectivity index (χ1n) is 5.95. The summed E-state index contributed by atoms with van der Waals surface area (Å²) in [6.07, 6.45) is 0. The molecule has 0 heterocycles. The third kappa shape index (κ3) is 3.55. The van der Waals surface area contributed by atoms with Gasteiger partial charge in [0.25, 0.3) is 0 Å². The van der Waals surface area contributed by atoms with E-state index in [1.165, 1.54) is 24.3 Å². The molecule has 0 fully saturated rings. The second kappa shape index (κ2) is 5.52. The molecule has 19 heavy (non-hydrogen) atoms. The fourth-order valence-corrected chi connectivity index (χ4v) is 1.69. The molecule has 0 radical (unpaired) electrons. The lowest BCUT2D eigenvalue weighted by Gasteiger charge is -2.10. The number of carbonyl (C=O) groups excluding carboxylic acids is 1. The van der Waals surface area contributed by atoms with Crippen molar-refractivity contribution >= 4 is 17.4 Å². The first kappa shape index (κ1) is 13.1. The number of anilines is 2. The smallest absolute Gasteiger partial charge is 0.308 e. The van der Waals surface area contributed by atoms with Gasteiger partial charge in [-0.25, -0.2) is 9.18 Å². The lowest BCUT2D eigenvalue weighted by atomic mass is 10.1. The van der Waals surface area contributed by atoms with Crippen LogP contribution in [0, 0.1) is 19.7 Å². The van der Waals surface area contributed by atoms with Gasteiger partial charge in [0, 0.05) is 11.4 Å². The molecule has 2 N–H and O–H groups in total. The Kier molecular flexibility index (Phi) is 3.80. The van der Waals surface area contributed by atoms with E-state index in [9.17, 15) is 9.18 Å². The van der Waals surface area contributed by atoms with Gasteiger partial charge in [-0.15, -0.1) is 0 Å². The summed E-state index contributed by atoms with van der Waals surface area (Å²) in [5, 5.41) is 5.42. The van der Waals surface area contributed by atoms with Crippen LogP contribution in [0.15, 0.2) is 42.5 Å². The average molecular weight is 258 g/mol. The maximum atomic E-state index is 12.7. The fraction of sp³-hybridized carbons (Fsp3) is 0.133. The SMILES string of the molecule is Cc1ccc(C)c(NC(=O)Nc2ccc(F)cc2)c1. The number of carbonyl (C=O) groups is 1. The number of hydrogen-bond donors (Lipinski definition) is 2. The molecule has 2 aromatic carbocycles. The summed E-state index contributed by atoms with van der Waals surface area (Å²) in [4.78, 5) is 11.8. The number of rotatable bonds is 2. The van der Waals surface area contributed by atoms with Crippen LogP contribution in [-0.2, 0) is 0 Å². The second-order valence-electron chi connectivity index (χ2n) is 4.40. The predicted octanol–water partition coefficient (Wildman–Crippen LogP) is 4.09. The largest absolute Gasteiger partial charge is 0.323 e. The number of benzene rings is 2. The molecule has 2 amide bonds. The summed E-state index contributed by atoms with van der Waals surface area (Å²) in [6.45, 7) is 3.88. The monoisotopic (exact) mass is 258 g/mol. The van der Waals surface area contributed by atoms with E-state index >= 15 is 0 Å². The fourth-order valence-electron chi connectivity index (χ4n) is 1.69. The summed E-state index contributed by atoms with van der Waals surface area (Å²) >= 11 is 0. The van der Waals surface area contributed by atoms with Gasteiger partial charge in [-0.05, 0) is 55.3 Å². The molecule has 4 heteroatoms. The summed E-state index contributed by atoms with van der Waals surface area (Å²) in [6, 6.07) is 11.1. The summed E-state index contributed by atoms with van der Waals surface area (Å²) < 4.78 is 12.7. The molecular weight excluding hydrogens is 243 g/mol. The summed E-state index contributed by atoms with van der Waals surface area (Å²) in [7, 11) is 0. The van der Waals surface area contributed by atoms with Crippen molar-refractivity contribution in [1.29, 1.82) is 0 Å². The van der Waals surface area contributed by atoms with Crippen LogP contribution in [0.1, 0.15) is 11.1 Å². The maximum Gasteiger partial charge on any atom is 0.323 e. The Morgan fingerprint density at radius 1 is 1.00 bits per heavy atom. The minimum absolute atomic E-state index is 0.333. The molecule has 0 aliphatic heterocycles. The van der Waals surface area contributed by atoms with Crippen molar-refractivity contribution in [2.24, 2.45) is 0 Å². The maximum absolute atomic E-state index is 12.7. The van der Waals surface area contributed by atoms with Gasteiger partial charge < -0.3 is 10.6 Å². The van der Waals surface area contributed by atoms with Gasteiger partial charge in [0.2, 0.25) is 0 Å². The first-order chi connectivity index (χ1) is 9.04. The van der Waals surface area contributed by atoms with Crippen LogP contribution in [0.2, 0.25) is 0 Å². The van der Waals surface area contributed by atoms with Crippen LogP contribution in [0.4, 0.5) is 20.6 Å². The van der Waals surface area contributed by atoms with E-state index in [-0.39, 0.29) is 11.8 Å². The second-order valence-corrected chi connectivity index (χ2v) is 4.40. The molecule has 2 rings (SSSR count). The van der Waals surface area contributed by atoms with Crippen LogP contribution in [-0.4, -0.2) is 6.03 Å². The number of halogens is 1. The molecular formula is C15H15FN2O. The summed E-state index contributed by atoms with van der Waals surface area (Å²) in [5.41, 5.74) is 3.37. The van der Waals surface area contributed by atoms with E-state index in [1.807, 2.05) is 32.0 Å². The number of hydrogen-bond acceptors (Lipinski definition) is 1. The molecule has 0 aromatic heterocycles. The Labute approximate surface area is 111 Å². The van der Waals surface area contributed by atoms with Gasteiger partial charge in [-0.3, -0.25) is 0 Å². The van der Waals surface area contributed by atoms with Crippen molar-refractivity contribution < 1.29 is 9.18 Å². The minimum Gasteiger partial charge on any atom is -0.308 e. The van der Waals surface area contributed by atoms with Crippen molar-refractivity contribution in [3.8, 4) is 0 Å². The molecule has 0 aliphatic carbocycles. The molecule has 2 aromatic rings. The van der Waals surface area contributed by atoms with E-state index in [0.717, 1.165) is 16.8 Å². The van der Waals surface area contributed by atoms with Crippen LogP contribution < -0.4 is 10.6 Å². The predicted molar refractivity (Wildman–Crippen MR) is 75.0 cm³/mol. The number of amides is 2. The van der Waals surface area contributed by atoms with Gasteiger partial charge in [0.05, 0.1) is 0 Å². The zero-order chi connectivity index (χ0) is 13.8. The normalized spacial score (nSPS) is 10.1. The third-order valence-electron chi connectivity index (χ3n) is 2.74. The topological polar surface area (TPSA) is 41.1 Å². The number of nitrogens with one attached hydrogen (secondary N) is 2. The van der Waals surface area contributed by atoms with E-state index < -0.39 is 0 Å². The quantitative estimate of drug-likeness (QED) is 0.837. The highest BCUT2D eigenvalue weighted by atomic mass is 19.1. The Morgan fingerprint density at radius 3 is 2.37 bits per heavy atom. The Hall–Kier alpha value is -2.36. The number of urea groups is 1. The van der Waals surface area contributed by atoms with Crippen LogP contribution in [0.25, 0.3) is 0 Å². The van der Waals surface area contributed by atoms with Gasteiger partial charge in [0.1, 0.15) is 5.82 Å². The molecule has 0 unspecified atom stereocenters. The van der Waals surface area contributed by atoms with E-state index in [2.05, 4.69) is 10.6 Å². The molecule has 98 valence electrons. The van der Waals surface area contributed by atoms with Crippen molar-refractivity contribution in [2.45, 2.75) is 13.8 Å². The molecule has 3 nitrogen and oxygen atoms in total. The van der Waals surface area contributed by atoms with Crippen LogP contribution in [0.5, 0.6) is 0 Å². The van der Waals surface area contributed by atoms with Crippen molar-refractivity contribution in [3.63, 3.8) is 0 Å². The Morgan fingerprint density at radius 2 is 1.68 bits per heavy atom. The highest BCUT2D eigenvalue weighted by molar-refractivity contribution is 6.00. The molecule has 0 bridgehead atoms. The van der Waals surface area contributed by atoms with Crippen LogP contribution in [0.3, 0.4) is 0 Å². The molecule has 0 spiro atoms. The van der Waals surface area contributed by atoms with Gasteiger partial charge in [-0.1, -0.05) is 12.1 Å². The molecule has 0 saturated carbocycles. The zero-order valence-electron chi connectivity index (χ0n) is 10.8. The molecule has 0 aliphatic rings. The third-order valence-corrected chi connectivity index (χ3v) is 2.74. The minimum atomic E-state index is -0.347. The van der Waals surface area contributed by atoms with E-state index in [0.29, 0.717) is 5.69 Å². The van der Waals surface area contributed by atoms with Crippen molar-refractivity contribution in [3.05, 3.63) is 59.4 Å². The standard InChI is InChI=1S/C15H15FN2O/c1-10-3-4-11(2)14(9-10)18-15(19)17-13-7-5-12(16)6-8-13/h3-9H,1-2H3,(H2,17,18,19). The van der Waals surface area contributed by atoms with E-state index in [4.69, 9.17) is 0 Å². The summed E-state index contributed by atoms with van der Waals surface area (Å²) in [5.74, 6) is -0.333. The highest BCUT2D eigenvalue weighted by Crippen LogP contribution is 2.17. The Bertz CT molecular complexity index is 594. The lowest BCUT2D eigenvalue weighted by molar-refractivity contribution is 0.262. The van der Waals surface area contributed by atoms with Crippen LogP contribution >= 0.6 is 0 Å². The van der Waals surface area contributed by atoms with Crippen molar-refractivity contribution in [2.75, 3.05) is 10.6 Å². The highest BCUT2D eigenvalue weighted by Gasteiger charge is 2.05. The molecule has 0 atom stereocenters. The number of aryl methyl sites for hydroxylation is 2. The van der Waals surface area contributed by atoms with Gasteiger partial charge in [-0.2, -0.15) is 0 Å².